The number of carbonyl (C=O) groups excluding carboxylic acids is 4. The van der Waals surface area contributed by atoms with E-state index in [1.54, 1.807) is 24.3 Å². The van der Waals surface area contributed by atoms with Crippen LogP contribution < -0.4 is 27.0 Å². The standard InChI is InChI=1S/C31H51N5O7/c1-6-9-23(34-31(43)29(20(5)7-2)36-26(38)10-8-11-28(40)41)30(42)35-24(16-19(3)4)25(37)17-27(39)33-18-21-12-14-22(32)15-13-21/h12-15,19-20,23-25,29,37H,6-11,16-18,32H2,1-5H3,(H,33,39)(H,34,43)(H,35,42)(H,36,38)(H,40,41)/t20-,23-,24-,25-,29-/m0/s1. The average Bonchev–Trinajstić information content (AvgIpc) is 2.94. The number of hydrogen-bond donors (Lipinski definition) is 7. The molecular weight excluding hydrogens is 554 g/mol. The highest BCUT2D eigenvalue weighted by molar-refractivity contribution is 5.92. The highest BCUT2D eigenvalue weighted by Crippen LogP contribution is 2.14. The summed E-state index contributed by atoms with van der Waals surface area (Å²) in [5.74, 6) is -2.96. The highest BCUT2D eigenvalue weighted by Gasteiger charge is 2.32. The lowest BCUT2D eigenvalue weighted by atomic mass is 9.95. The van der Waals surface area contributed by atoms with Crippen LogP contribution in [-0.4, -0.2) is 64.0 Å². The van der Waals surface area contributed by atoms with Crippen LogP contribution in [0.25, 0.3) is 0 Å². The van der Waals surface area contributed by atoms with Crippen molar-refractivity contribution in [3.05, 3.63) is 29.8 Å². The molecule has 0 spiro atoms. The minimum atomic E-state index is -1.16. The molecule has 0 aliphatic carbocycles. The normalized spacial score (nSPS) is 14.6. The van der Waals surface area contributed by atoms with Crippen molar-refractivity contribution in [3.63, 3.8) is 0 Å². The molecule has 0 aliphatic rings. The number of aliphatic hydroxyl groups excluding tert-OH is 1. The predicted octanol–water partition coefficient (Wildman–Crippen LogP) is 2.24. The molecule has 0 radical (unpaired) electrons. The Hall–Kier alpha value is -3.67. The van der Waals surface area contributed by atoms with E-state index in [9.17, 15) is 29.1 Å². The number of anilines is 1. The second-order valence-corrected chi connectivity index (χ2v) is 11.6. The molecule has 1 aromatic carbocycles. The lowest BCUT2D eigenvalue weighted by molar-refractivity contribution is -0.137. The van der Waals surface area contributed by atoms with Crippen LogP contribution in [0.15, 0.2) is 24.3 Å². The van der Waals surface area contributed by atoms with Crippen molar-refractivity contribution >= 4 is 35.3 Å². The van der Waals surface area contributed by atoms with Gasteiger partial charge in [-0.3, -0.25) is 24.0 Å². The summed E-state index contributed by atoms with van der Waals surface area (Å²) in [4.78, 5) is 62.4. The summed E-state index contributed by atoms with van der Waals surface area (Å²) >= 11 is 0. The lowest BCUT2D eigenvalue weighted by Gasteiger charge is -2.29. The largest absolute Gasteiger partial charge is 0.481 e. The molecule has 0 saturated heterocycles. The van der Waals surface area contributed by atoms with Crippen molar-refractivity contribution < 1.29 is 34.2 Å². The number of carbonyl (C=O) groups is 5. The van der Waals surface area contributed by atoms with E-state index in [1.807, 2.05) is 34.6 Å². The van der Waals surface area contributed by atoms with E-state index in [0.717, 1.165) is 5.56 Å². The van der Waals surface area contributed by atoms with Gasteiger partial charge in [0.15, 0.2) is 0 Å². The van der Waals surface area contributed by atoms with Gasteiger partial charge >= 0.3 is 5.97 Å². The van der Waals surface area contributed by atoms with Gasteiger partial charge in [0.05, 0.1) is 18.6 Å². The van der Waals surface area contributed by atoms with Gasteiger partial charge in [-0.1, -0.05) is 59.6 Å². The van der Waals surface area contributed by atoms with Crippen LogP contribution >= 0.6 is 0 Å². The van der Waals surface area contributed by atoms with Gasteiger partial charge in [0.2, 0.25) is 23.6 Å². The summed E-state index contributed by atoms with van der Waals surface area (Å²) in [6.07, 6.45) is 0.482. The first-order chi connectivity index (χ1) is 20.3. The summed E-state index contributed by atoms with van der Waals surface area (Å²) in [5, 5.41) is 30.8. The lowest BCUT2D eigenvalue weighted by Crippen LogP contribution is -2.57. The number of rotatable bonds is 20. The van der Waals surface area contributed by atoms with Crippen molar-refractivity contribution in [1.29, 1.82) is 0 Å². The van der Waals surface area contributed by atoms with Gasteiger partial charge in [0, 0.05) is 25.1 Å². The van der Waals surface area contributed by atoms with E-state index in [0.29, 0.717) is 31.4 Å². The maximum atomic E-state index is 13.4. The fourth-order valence-corrected chi connectivity index (χ4v) is 4.51. The molecule has 5 atom stereocenters. The summed E-state index contributed by atoms with van der Waals surface area (Å²) in [7, 11) is 0. The summed E-state index contributed by atoms with van der Waals surface area (Å²) in [6.45, 7) is 9.70. The Labute approximate surface area is 254 Å². The summed E-state index contributed by atoms with van der Waals surface area (Å²) in [6, 6.07) is 4.50. The van der Waals surface area contributed by atoms with E-state index in [4.69, 9.17) is 10.8 Å². The maximum Gasteiger partial charge on any atom is 0.303 e. The number of amides is 4. The van der Waals surface area contributed by atoms with Crippen molar-refractivity contribution in [2.45, 2.75) is 117 Å². The first-order valence-corrected chi connectivity index (χ1v) is 15.2. The molecule has 43 heavy (non-hydrogen) atoms. The van der Waals surface area contributed by atoms with Crippen LogP contribution in [-0.2, 0) is 30.5 Å². The molecule has 1 aromatic rings. The van der Waals surface area contributed by atoms with Crippen molar-refractivity contribution in [3.8, 4) is 0 Å². The molecule has 0 aliphatic heterocycles. The van der Waals surface area contributed by atoms with Gasteiger partial charge in [-0.2, -0.15) is 0 Å². The Bertz CT molecular complexity index is 1050. The van der Waals surface area contributed by atoms with E-state index in [-0.39, 0.29) is 50.0 Å². The van der Waals surface area contributed by atoms with Crippen LogP contribution in [0.4, 0.5) is 5.69 Å². The van der Waals surface area contributed by atoms with E-state index in [1.165, 1.54) is 0 Å². The Morgan fingerprint density at radius 2 is 1.53 bits per heavy atom. The number of aliphatic carboxylic acids is 1. The van der Waals surface area contributed by atoms with E-state index >= 15 is 0 Å². The number of carboxylic acids is 1. The van der Waals surface area contributed by atoms with Crippen LogP contribution in [0, 0.1) is 11.8 Å². The second kappa shape index (κ2) is 19.5. The van der Waals surface area contributed by atoms with Gasteiger partial charge in [-0.05, 0) is 48.8 Å². The van der Waals surface area contributed by atoms with E-state index in [2.05, 4.69) is 21.3 Å². The molecule has 1 rings (SSSR count). The van der Waals surface area contributed by atoms with Crippen molar-refractivity contribution in [2.24, 2.45) is 11.8 Å². The molecule has 0 bridgehead atoms. The van der Waals surface area contributed by atoms with Crippen molar-refractivity contribution in [2.75, 3.05) is 5.73 Å². The van der Waals surface area contributed by atoms with Gasteiger partial charge in [0.25, 0.3) is 0 Å². The number of aliphatic hydroxyl groups is 1. The molecular formula is C31H51N5O7. The van der Waals surface area contributed by atoms with Crippen LogP contribution in [0.2, 0.25) is 0 Å². The minimum absolute atomic E-state index is 0.0340. The number of nitrogen functional groups attached to an aromatic ring is 1. The van der Waals surface area contributed by atoms with E-state index < -0.39 is 47.9 Å². The first-order valence-electron chi connectivity index (χ1n) is 15.2. The summed E-state index contributed by atoms with van der Waals surface area (Å²) < 4.78 is 0. The Balaban J connectivity index is 2.89. The Morgan fingerprint density at radius 3 is 2.09 bits per heavy atom. The zero-order valence-corrected chi connectivity index (χ0v) is 26.2. The number of nitrogens with one attached hydrogen (secondary N) is 4. The van der Waals surface area contributed by atoms with Gasteiger partial charge in [-0.25, -0.2) is 0 Å². The number of hydrogen-bond acceptors (Lipinski definition) is 7. The molecule has 0 fully saturated rings. The summed E-state index contributed by atoms with van der Waals surface area (Å²) in [5.41, 5.74) is 7.16. The molecule has 8 N–H and O–H groups in total. The van der Waals surface area contributed by atoms with Gasteiger partial charge < -0.3 is 37.2 Å². The first kappa shape index (κ1) is 37.4. The molecule has 4 amide bonds. The second-order valence-electron chi connectivity index (χ2n) is 11.6. The molecule has 0 aromatic heterocycles. The molecule has 12 nitrogen and oxygen atoms in total. The smallest absolute Gasteiger partial charge is 0.303 e. The Morgan fingerprint density at radius 1 is 0.884 bits per heavy atom. The van der Waals surface area contributed by atoms with Crippen LogP contribution in [0.3, 0.4) is 0 Å². The van der Waals surface area contributed by atoms with Crippen LogP contribution in [0.1, 0.15) is 91.5 Å². The molecule has 242 valence electrons. The number of nitrogens with two attached hydrogens (primary N) is 1. The maximum absolute atomic E-state index is 13.4. The molecule has 0 heterocycles. The number of carboxylic acid groups (broad SMARTS) is 1. The molecule has 0 unspecified atom stereocenters. The molecule has 0 saturated carbocycles. The highest BCUT2D eigenvalue weighted by atomic mass is 16.4. The third kappa shape index (κ3) is 14.9. The van der Waals surface area contributed by atoms with Crippen LogP contribution in [0.5, 0.6) is 0 Å². The minimum Gasteiger partial charge on any atom is -0.481 e. The zero-order valence-electron chi connectivity index (χ0n) is 26.2. The zero-order chi connectivity index (χ0) is 32.5. The SMILES string of the molecule is CCC[C@H](NC(=O)[C@@H](NC(=O)CCCC(=O)O)[C@@H](C)CC)C(=O)N[C@@H](CC(C)C)[C@@H](O)CC(=O)NCc1ccc(N)cc1. The fraction of sp³-hybridized carbons (Fsp3) is 0.645. The van der Waals surface area contributed by atoms with Crippen molar-refractivity contribution in [1.82, 2.24) is 21.3 Å². The molecule has 12 heteroatoms. The third-order valence-corrected chi connectivity index (χ3v) is 7.20. The quantitative estimate of drug-likeness (QED) is 0.110. The Kier molecular flexibility index (Phi) is 16.9. The average molecular weight is 606 g/mol. The third-order valence-electron chi connectivity index (χ3n) is 7.20. The number of benzene rings is 1. The monoisotopic (exact) mass is 605 g/mol. The predicted molar refractivity (Wildman–Crippen MR) is 164 cm³/mol. The van der Waals surface area contributed by atoms with Gasteiger partial charge in [-0.15, -0.1) is 0 Å². The van der Waals surface area contributed by atoms with Gasteiger partial charge in [0.1, 0.15) is 12.1 Å². The fourth-order valence-electron chi connectivity index (χ4n) is 4.51. The topological polar surface area (TPSA) is 200 Å².